The van der Waals surface area contributed by atoms with Crippen LogP contribution in [0.2, 0.25) is 0 Å². The van der Waals surface area contributed by atoms with Crippen molar-refractivity contribution < 1.29 is 24.8 Å². The van der Waals surface area contributed by atoms with Crippen LogP contribution in [-0.2, 0) is 0 Å². The summed E-state index contributed by atoms with van der Waals surface area (Å²) in [6, 6.07) is 0. The van der Waals surface area contributed by atoms with Gasteiger partial charge in [0.1, 0.15) is 0 Å². The quantitative estimate of drug-likeness (QED) is 0.282. The fraction of sp³-hybridized carbons (Fsp3) is 0.846. The molecular formula is C13H26Cl2Ga-2. The van der Waals surface area contributed by atoms with Gasteiger partial charge in [0.2, 0.25) is 0 Å². The van der Waals surface area contributed by atoms with Gasteiger partial charge in [-0.25, -0.2) is 0 Å². The average Bonchev–Trinajstić information content (AvgIpc) is 2.16. The van der Waals surface area contributed by atoms with Gasteiger partial charge in [-0.15, -0.1) is 0 Å². The molecule has 0 nitrogen and oxygen atoms in total. The fourth-order valence-electron chi connectivity index (χ4n) is 1.56. The molecule has 0 atom stereocenters. The second-order valence-corrected chi connectivity index (χ2v) is 3.83. The van der Waals surface area contributed by atoms with Gasteiger partial charge in [-0.1, -0.05) is 64.0 Å². The van der Waals surface area contributed by atoms with Crippen molar-refractivity contribution in [2.45, 2.75) is 71.6 Å². The molecular weight excluding hydrogens is 297 g/mol. The first kappa shape index (κ1) is 25.7. The summed E-state index contributed by atoms with van der Waals surface area (Å²) < 4.78 is 0. The van der Waals surface area contributed by atoms with E-state index in [-0.39, 0.29) is 44.6 Å². The maximum absolute atomic E-state index is 2.27. The molecule has 0 fully saturated rings. The number of hydrogen-bond donors (Lipinski definition) is 0. The molecule has 0 bridgehead atoms. The van der Waals surface area contributed by atoms with E-state index in [1.807, 2.05) is 0 Å². The molecule has 0 aromatic rings. The molecule has 0 unspecified atom stereocenters. The van der Waals surface area contributed by atoms with E-state index in [2.05, 4.69) is 26.0 Å². The molecule has 0 aliphatic carbocycles. The maximum Gasteiger partial charge on any atom is 0 e. The van der Waals surface area contributed by atoms with Gasteiger partial charge in [0.05, 0.1) is 0 Å². The van der Waals surface area contributed by atoms with Gasteiger partial charge < -0.3 is 24.8 Å². The van der Waals surface area contributed by atoms with E-state index in [9.17, 15) is 0 Å². The standard InChI is InChI=1S/C13H26.2ClH.Ga/c1-3-5-7-9-11-13-12-10-8-6-4-2;;;/h3,5H,4,6-13H2,1-2H3;2*1H;/p-2/b5-3+;;;. The number of unbranched alkanes of at least 4 members (excludes halogenated alkanes) is 8. The predicted octanol–water partition coefficient (Wildman–Crippen LogP) is -1.28. The minimum Gasteiger partial charge on any atom is -1.00 e. The third-order valence-corrected chi connectivity index (χ3v) is 2.46. The normalized spacial score (nSPS) is 9.12. The molecule has 0 N–H and O–H groups in total. The van der Waals surface area contributed by atoms with Crippen LogP contribution in [0.1, 0.15) is 71.6 Å². The van der Waals surface area contributed by atoms with Crippen LogP contribution >= 0.6 is 0 Å². The van der Waals surface area contributed by atoms with Gasteiger partial charge in [-0.2, -0.15) is 0 Å². The molecule has 0 rings (SSSR count). The zero-order chi connectivity index (χ0) is 9.78. The second kappa shape index (κ2) is 25.0. The van der Waals surface area contributed by atoms with Crippen LogP contribution in [0.15, 0.2) is 12.2 Å². The molecule has 0 aromatic heterocycles. The van der Waals surface area contributed by atoms with Crippen LogP contribution in [0.4, 0.5) is 0 Å². The topological polar surface area (TPSA) is 0 Å². The van der Waals surface area contributed by atoms with Gasteiger partial charge in [0.25, 0.3) is 0 Å². The van der Waals surface area contributed by atoms with E-state index in [1.165, 1.54) is 57.8 Å². The summed E-state index contributed by atoms with van der Waals surface area (Å²) in [4.78, 5) is 0. The second-order valence-electron chi connectivity index (χ2n) is 3.83. The van der Waals surface area contributed by atoms with Crippen LogP contribution in [0.25, 0.3) is 0 Å². The molecule has 0 saturated heterocycles. The molecule has 0 aliphatic heterocycles. The first-order valence-corrected chi connectivity index (χ1v) is 6.03. The Morgan fingerprint density at radius 3 is 1.62 bits per heavy atom. The monoisotopic (exact) mass is 321 g/mol. The summed E-state index contributed by atoms with van der Waals surface area (Å²) in [5.74, 6) is 0. The fourth-order valence-corrected chi connectivity index (χ4v) is 1.56. The average molecular weight is 323 g/mol. The summed E-state index contributed by atoms with van der Waals surface area (Å²) in [7, 11) is 0. The molecule has 0 aromatic carbocycles. The van der Waals surface area contributed by atoms with Crippen LogP contribution < -0.4 is 24.8 Å². The van der Waals surface area contributed by atoms with Crippen LogP contribution in [0.3, 0.4) is 0 Å². The number of hydrogen-bond acceptors (Lipinski definition) is 0. The van der Waals surface area contributed by atoms with Gasteiger partial charge in [0, 0.05) is 19.8 Å². The van der Waals surface area contributed by atoms with Gasteiger partial charge in [0.15, 0.2) is 0 Å². The number of rotatable bonds is 9. The van der Waals surface area contributed by atoms with Gasteiger partial charge in [-0.3, -0.25) is 0 Å². The third kappa shape index (κ3) is 24.3. The van der Waals surface area contributed by atoms with Crippen molar-refractivity contribution >= 4 is 19.8 Å². The van der Waals surface area contributed by atoms with Crippen LogP contribution in [0.5, 0.6) is 0 Å². The van der Waals surface area contributed by atoms with Crippen molar-refractivity contribution in [1.29, 1.82) is 0 Å². The summed E-state index contributed by atoms with van der Waals surface area (Å²) in [6.45, 7) is 4.38. The van der Waals surface area contributed by atoms with Crippen LogP contribution in [0, 0.1) is 0 Å². The molecule has 0 saturated carbocycles. The first-order chi connectivity index (χ1) is 6.41. The Hall–Kier alpha value is 0.956. The molecule has 97 valence electrons. The summed E-state index contributed by atoms with van der Waals surface area (Å²) in [5.41, 5.74) is 0. The summed E-state index contributed by atoms with van der Waals surface area (Å²) in [6.07, 6.45) is 17.1. The zero-order valence-corrected chi connectivity index (χ0v) is 14.8. The van der Waals surface area contributed by atoms with Crippen molar-refractivity contribution in [3.63, 3.8) is 0 Å². The zero-order valence-electron chi connectivity index (χ0n) is 10.9. The summed E-state index contributed by atoms with van der Waals surface area (Å²) >= 11 is 0. The molecule has 3 radical (unpaired) electrons. The predicted molar refractivity (Wildman–Crippen MR) is 67.8 cm³/mol. The minimum atomic E-state index is 0. The summed E-state index contributed by atoms with van der Waals surface area (Å²) in [5, 5.41) is 0. The van der Waals surface area contributed by atoms with Gasteiger partial charge in [-0.05, 0) is 19.8 Å². The Bertz CT molecular complexity index is 117. The van der Waals surface area contributed by atoms with Crippen molar-refractivity contribution in [1.82, 2.24) is 0 Å². The number of halogens is 2. The van der Waals surface area contributed by atoms with E-state index >= 15 is 0 Å². The van der Waals surface area contributed by atoms with Crippen molar-refractivity contribution in [3.8, 4) is 0 Å². The largest absolute Gasteiger partial charge is 1.00 e. The Morgan fingerprint density at radius 2 is 1.19 bits per heavy atom. The van der Waals surface area contributed by atoms with Crippen LogP contribution in [-0.4, -0.2) is 19.8 Å². The Balaban J connectivity index is -0.000000240. The van der Waals surface area contributed by atoms with Crippen molar-refractivity contribution in [2.75, 3.05) is 0 Å². The van der Waals surface area contributed by atoms with Gasteiger partial charge >= 0.3 is 0 Å². The SMILES string of the molecule is C/C=C/CCCCCCCCCC.[Cl-].[Cl-].[Ga]. The van der Waals surface area contributed by atoms with Crippen molar-refractivity contribution in [2.24, 2.45) is 0 Å². The maximum atomic E-state index is 2.27. The Kier molecular flexibility index (Phi) is 40.1. The molecule has 3 heteroatoms. The van der Waals surface area contributed by atoms with E-state index in [1.54, 1.807) is 0 Å². The van der Waals surface area contributed by atoms with Crippen molar-refractivity contribution in [3.05, 3.63) is 12.2 Å². The molecule has 0 amide bonds. The molecule has 0 spiro atoms. The minimum absolute atomic E-state index is 0. The number of allylic oxidation sites excluding steroid dienone is 2. The molecule has 16 heavy (non-hydrogen) atoms. The van der Waals surface area contributed by atoms with E-state index in [0.29, 0.717) is 0 Å². The Morgan fingerprint density at radius 1 is 0.750 bits per heavy atom. The molecule has 0 heterocycles. The Labute approximate surface area is 128 Å². The van der Waals surface area contributed by atoms with E-state index in [0.717, 1.165) is 0 Å². The van der Waals surface area contributed by atoms with E-state index in [4.69, 9.17) is 0 Å². The smallest absolute Gasteiger partial charge is 0 e. The third-order valence-electron chi connectivity index (χ3n) is 2.46. The van der Waals surface area contributed by atoms with E-state index < -0.39 is 0 Å². The first-order valence-electron chi connectivity index (χ1n) is 6.03. The molecule has 0 aliphatic rings.